The van der Waals surface area contributed by atoms with Gasteiger partial charge in [-0.15, -0.1) is 21.5 Å². The molecule has 1 amide bonds. The van der Waals surface area contributed by atoms with Gasteiger partial charge in [-0.1, -0.05) is 11.6 Å². The van der Waals surface area contributed by atoms with Crippen LogP contribution in [0.25, 0.3) is 0 Å². The lowest BCUT2D eigenvalue weighted by Gasteiger charge is -2.23. The molecule has 0 saturated heterocycles. The number of carbonyl (C=O) groups is 1. The number of nitrogens with zero attached hydrogens (tertiary/aromatic N) is 3. The van der Waals surface area contributed by atoms with Gasteiger partial charge in [-0.3, -0.25) is 4.79 Å². The maximum atomic E-state index is 12.0. The summed E-state index contributed by atoms with van der Waals surface area (Å²) in [5.74, 6) is -0.306. The Morgan fingerprint density at radius 2 is 2.17 bits per heavy atom. The molecule has 1 N–H and O–H groups in total. The number of aromatic nitrogens is 3. The zero-order valence-electron chi connectivity index (χ0n) is 9.85. The van der Waals surface area contributed by atoms with E-state index in [1.807, 2.05) is 19.2 Å². The molecule has 7 heteroatoms. The maximum absolute atomic E-state index is 12.0. The lowest BCUT2D eigenvalue weighted by atomic mass is 10.1. The molecule has 0 saturated carbocycles. The van der Waals surface area contributed by atoms with Crippen LogP contribution in [-0.4, -0.2) is 21.1 Å². The summed E-state index contributed by atoms with van der Waals surface area (Å²) < 4.78 is 0. The van der Waals surface area contributed by atoms with E-state index in [1.54, 1.807) is 6.20 Å². The van der Waals surface area contributed by atoms with Crippen molar-refractivity contribution < 1.29 is 4.79 Å². The van der Waals surface area contributed by atoms with Crippen molar-refractivity contribution >= 4 is 28.8 Å². The van der Waals surface area contributed by atoms with Crippen LogP contribution in [0.4, 0.5) is 0 Å². The average molecular weight is 283 g/mol. The summed E-state index contributed by atoms with van der Waals surface area (Å²) in [7, 11) is 0. The molecule has 2 heterocycles. The molecular formula is C11H11ClN4OS. The van der Waals surface area contributed by atoms with Crippen molar-refractivity contribution in [3.05, 3.63) is 39.6 Å². The van der Waals surface area contributed by atoms with Gasteiger partial charge in [0.25, 0.3) is 5.91 Å². The van der Waals surface area contributed by atoms with Gasteiger partial charge in [0.05, 0.1) is 5.54 Å². The Bertz CT molecular complexity index is 539. The highest BCUT2D eigenvalue weighted by Crippen LogP contribution is 2.22. The standard InChI is InChI=1S/C11H11ClN4OS/c1-11(2,10-13-5-6-18-10)14-9(17)7-3-4-8(12)16-15-7/h3-6H,1-2H3,(H,14,17). The van der Waals surface area contributed by atoms with E-state index in [4.69, 9.17) is 11.6 Å². The predicted molar refractivity (Wildman–Crippen MR) is 69.6 cm³/mol. The smallest absolute Gasteiger partial charge is 0.272 e. The molecule has 0 bridgehead atoms. The maximum Gasteiger partial charge on any atom is 0.272 e. The lowest BCUT2D eigenvalue weighted by Crippen LogP contribution is -2.41. The van der Waals surface area contributed by atoms with Gasteiger partial charge in [0.2, 0.25) is 0 Å². The van der Waals surface area contributed by atoms with Crippen LogP contribution in [0.2, 0.25) is 5.15 Å². The van der Waals surface area contributed by atoms with Gasteiger partial charge in [0, 0.05) is 11.6 Å². The Kier molecular flexibility index (Phi) is 3.58. The van der Waals surface area contributed by atoms with Gasteiger partial charge in [0.15, 0.2) is 10.8 Å². The molecule has 0 aromatic carbocycles. The topological polar surface area (TPSA) is 67.8 Å². The van der Waals surface area contributed by atoms with E-state index >= 15 is 0 Å². The van der Waals surface area contributed by atoms with Gasteiger partial charge >= 0.3 is 0 Å². The third-order valence-corrected chi connectivity index (χ3v) is 3.56. The van der Waals surface area contributed by atoms with Crippen LogP contribution in [-0.2, 0) is 5.54 Å². The zero-order valence-corrected chi connectivity index (χ0v) is 11.4. The molecule has 2 aromatic rings. The molecule has 0 aliphatic heterocycles. The molecule has 2 aromatic heterocycles. The Morgan fingerprint density at radius 1 is 1.39 bits per heavy atom. The average Bonchev–Trinajstić information content (AvgIpc) is 2.83. The van der Waals surface area contributed by atoms with E-state index in [0.29, 0.717) is 0 Å². The first-order valence-electron chi connectivity index (χ1n) is 5.21. The second-order valence-corrected chi connectivity index (χ2v) is 5.44. The molecule has 0 aliphatic rings. The van der Waals surface area contributed by atoms with E-state index in [9.17, 15) is 4.79 Å². The van der Waals surface area contributed by atoms with Crippen molar-refractivity contribution in [2.75, 3.05) is 0 Å². The molecule has 0 radical (unpaired) electrons. The van der Waals surface area contributed by atoms with Crippen molar-refractivity contribution in [1.29, 1.82) is 0 Å². The first-order valence-corrected chi connectivity index (χ1v) is 6.46. The summed E-state index contributed by atoms with van der Waals surface area (Å²) in [6, 6.07) is 3.06. The molecule has 0 fully saturated rings. The number of amides is 1. The molecule has 0 atom stereocenters. The van der Waals surface area contributed by atoms with E-state index in [2.05, 4.69) is 20.5 Å². The highest BCUT2D eigenvalue weighted by Gasteiger charge is 2.26. The first kappa shape index (κ1) is 12.9. The largest absolute Gasteiger partial charge is 0.339 e. The van der Waals surface area contributed by atoms with Crippen molar-refractivity contribution in [2.45, 2.75) is 19.4 Å². The quantitative estimate of drug-likeness (QED) is 0.937. The lowest BCUT2D eigenvalue weighted by molar-refractivity contribution is 0.0905. The van der Waals surface area contributed by atoms with Crippen LogP contribution < -0.4 is 5.32 Å². The zero-order chi connectivity index (χ0) is 13.2. The van der Waals surface area contributed by atoms with Crippen LogP contribution in [0.1, 0.15) is 29.3 Å². The van der Waals surface area contributed by atoms with Crippen LogP contribution >= 0.6 is 22.9 Å². The second kappa shape index (κ2) is 4.99. The molecular weight excluding hydrogens is 272 g/mol. The van der Waals surface area contributed by atoms with E-state index in [0.717, 1.165) is 5.01 Å². The van der Waals surface area contributed by atoms with Crippen LogP contribution in [0.3, 0.4) is 0 Å². The van der Waals surface area contributed by atoms with Crippen LogP contribution in [0.15, 0.2) is 23.7 Å². The van der Waals surface area contributed by atoms with Crippen LogP contribution in [0, 0.1) is 0 Å². The fraction of sp³-hybridized carbons (Fsp3) is 0.273. The molecule has 0 spiro atoms. The van der Waals surface area contributed by atoms with Crippen molar-refractivity contribution in [1.82, 2.24) is 20.5 Å². The number of nitrogens with one attached hydrogen (secondary N) is 1. The number of halogens is 1. The third kappa shape index (κ3) is 2.83. The normalized spacial score (nSPS) is 11.3. The number of hydrogen-bond donors (Lipinski definition) is 1. The Morgan fingerprint density at radius 3 is 2.72 bits per heavy atom. The van der Waals surface area contributed by atoms with Crippen molar-refractivity contribution in [3.63, 3.8) is 0 Å². The van der Waals surface area contributed by atoms with Gasteiger partial charge in [-0.05, 0) is 26.0 Å². The minimum absolute atomic E-state index is 0.226. The molecule has 94 valence electrons. The van der Waals surface area contributed by atoms with Gasteiger partial charge in [-0.2, -0.15) is 0 Å². The summed E-state index contributed by atoms with van der Waals surface area (Å²) in [6.45, 7) is 3.76. The Labute approximate surface area is 113 Å². The van der Waals surface area contributed by atoms with Crippen LogP contribution in [0.5, 0.6) is 0 Å². The molecule has 0 unspecified atom stereocenters. The minimum atomic E-state index is -0.549. The highest BCUT2D eigenvalue weighted by atomic mass is 35.5. The Hall–Kier alpha value is -1.53. The highest BCUT2D eigenvalue weighted by molar-refractivity contribution is 7.09. The van der Waals surface area contributed by atoms with Gasteiger partial charge in [0.1, 0.15) is 5.01 Å². The van der Waals surface area contributed by atoms with E-state index in [1.165, 1.54) is 23.5 Å². The number of carbonyl (C=O) groups excluding carboxylic acids is 1. The molecule has 18 heavy (non-hydrogen) atoms. The summed E-state index contributed by atoms with van der Waals surface area (Å²) in [5.41, 5.74) is -0.323. The monoisotopic (exact) mass is 282 g/mol. The minimum Gasteiger partial charge on any atom is -0.339 e. The summed E-state index contributed by atoms with van der Waals surface area (Å²) >= 11 is 7.10. The summed E-state index contributed by atoms with van der Waals surface area (Å²) in [6.07, 6.45) is 1.70. The molecule has 5 nitrogen and oxygen atoms in total. The van der Waals surface area contributed by atoms with E-state index < -0.39 is 5.54 Å². The SMILES string of the molecule is CC(C)(NC(=O)c1ccc(Cl)nn1)c1nccs1. The predicted octanol–water partition coefficient (Wildman–Crippen LogP) is 2.25. The van der Waals surface area contributed by atoms with Gasteiger partial charge < -0.3 is 5.32 Å². The fourth-order valence-electron chi connectivity index (χ4n) is 1.37. The number of rotatable bonds is 3. The van der Waals surface area contributed by atoms with Crippen molar-refractivity contribution in [2.24, 2.45) is 0 Å². The first-order chi connectivity index (χ1) is 8.49. The third-order valence-electron chi connectivity index (χ3n) is 2.26. The fourth-order valence-corrected chi connectivity index (χ4v) is 2.19. The summed E-state index contributed by atoms with van der Waals surface area (Å²) in [4.78, 5) is 16.2. The number of hydrogen-bond acceptors (Lipinski definition) is 5. The molecule has 2 rings (SSSR count). The second-order valence-electron chi connectivity index (χ2n) is 4.16. The van der Waals surface area contributed by atoms with Crippen molar-refractivity contribution in [3.8, 4) is 0 Å². The van der Waals surface area contributed by atoms with Gasteiger partial charge in [-0.25, -0.2) is 4.98 Å². The Balaban J connectivity index is 2.14. The molecule has 0 aliphatic carbocycles. The van der Waals surface area contributed by atoms with E-state index in [-0.39, 0.29) is 16.8 Å². The summed E-state index contributed by atoms with van der Waals surface area (Å²) in [5, 5.41) is 13.2. The number of thiazole rings is 1.